The van der Waals surface area contributed by atoms with Crippen molar-refractivity contribution in [2.24, 2.45) is 5.92 Å². The number of esters is 1. The van der Waals surface area contributed by atoms with Crippen LogP contribution in [0.5, 0.6) is 0 Å². The summed E-state index contributed by atoms with van der Waals surface area (Å²) in [6.45, 7) is 1.86. The first-order valence-electron chi connectivity index (χ1n) is 5.89. The number of hydrogen-bond donors (Lipinski definition) is 1. The van der Waals surface area contributed by atoms with Gasteiger partial charge < -0.3 is 10.1 Å². The van der Waals surface area contributed by atoms with E-state index >= 15 is 0 Å². The maximum absolute atomic E-state index is 11.8. The van der Waals surface area contributed by atoms with E-state index in [2.05, 4.69) is 16.1 Å². The number of amides is 1. The highest BCUT2D eigenvalue weighted by Crippen LogP contribution is 2.39. The van der Waals surface area contributed by atoms with Crippen molar-refractivity contribution in [3.63, 3.8) is 0 Å². The van der Waals surface area contributed by atoms with Crippen molar-refractivity contribution < 1.29 is 14.3 Å². The Bertz CT molecular complexity index is 373. The van der Waals surface area contributed by atoms with Crippen LogP contribution in [0, 0.1) is 17.2 Å². The molecule has 0 saturated heterocycles. The summed E-state index contributed by atoms with van der Waals surface area (Å²) in [5.74, 6) is -0.398. The van der Waals surface area contributed by atoms with Gasteiger partial charge in [0.15, 0.2) is 0 Å². The molecule has 6 nitrogen and oxygen atoms in total. The summed E-state index contributed by atoms with van der Waals surface area (Å²) < 4.78 is 4.51. The predicted molar refractivity (Wildman–Crippen MR) is 64.4 cm³/mol. The van der Waals surface area contributed by atoms with E-state index in [0.29, 0.717) is 0 Å². The summed E-state index contributed by atoms with van der Waals surface area (Å²) in [6, 6.07) is 2.15. The third-order valence-corrected chi connectivity index (χ3v) is 3.07. The lowest BCUT2D eigenvalue weighted by molar-refractivity contribution is -0.141. The molecule has 1 aliphatic rings. The minimum Gasteiger partial charge on any atom is -0.468 e. The van der Waals surface area contributed by atoms with E-state index in [1.807, 2.05) is 0 Å². The zero-order valence-electron chi connectivity index (χ0n) is 11.0. The smallest absolute Gasteiger partial charge is 0.319 e. The van der Waals surface area contributed by atoms with Crippen LogP contribution in [0.2, 0.25) is 0 Å². The predicted octanol–water partition coefficient (Wildman–Crippen LogP) is -0.100. The maximum Gasteiger partial charge on any atom is 0.319 e. The fraction of sp³-hybridized carbons (Fsp3) is 0.750. The molecule has 0 aromatic heterocycles. The van der Waals surface area contributed by atoms with Crippen LogP contribution < -0.4 is 5.32 Å². The monoisotopic (exact) mass is 253 g/mol. The molecule has 0 aliphatic heterocycles. The van der Waals surface area contributed by atoms with Crippen molar-refractivity contribution in [3.05, 3.63) is 0 Å². The number of methoxy groups -OCH3 is 1. The molecule has 1 atom stereocenters. The number of hydrogen-bond acceptors (Lipinski definition) is 5. The Morgan fingerprint density at radius 1 is 1.50 bits per heavy atom. The van der Waals surface area contributed by atoms with Gasteiger partial charge in [0.05, 0.1) is 26.3 Å². The molecule has 1 amide bonds. The zero-order valence-corrected chi connectivity index (χ0v) is 11.0. The molecule has 0 aromatic carbocycles. The summed E-state index contributed by atoms with van der Waals surface area (Å²) in [4.78, 5) is 24.3. The van der Waals surface area contributed by atoms with Crippen molar-refractivity contribution in [2.45, 2.75) is 25.3 Å². The number of nitrogens with one attached hydrogen (secondary N) is 1. The molecule has 0 bridgehead atoms. The molecule has 6 heteroatoms. The van der Waals surface area contributed by atoms with Gasteiger partial charge in [-0.2, -0.15) is 5.26 Å². The minimum absolute atomic E-state index is 0.0522. The topological polar surface area (TPSA) is 82.4 Å². The lowest BCUT2D eigenvalue weighted by Crippen LogP contribution is -2.50. The summed E-state index contributed by atoms with van der Waals surface area (Å²) >= 11 is 0. The number of nitrogens with zero attached hydrogens (tertiary/aromatic N) is 2. The van der Waals surface area contributed by atoms with Gasteiger partial charge in [0, 0.05) is 0 Å². The number of likely N-dealkylation sites (N-methyl/N-ethyl adjacent to an activating group) is 1. The second kappa shape index (κ2) is 5.83. The molecule has 0 spiro atoms. The third kappa shape index (κ3) is 4.00. The van der Waals surface area contributed by atoms with Gasteiger partial charge in [0.2, 0.25) is 5.91 Å². The number of carbonyl (C=O) groups excluding carboxylic acids is 2. The van der Waals surface area contributed by atoms with Crippen LogP contribution >= 0.6 is 0 Å². The molecule has 0 heterocycles. The van der Waals surface area contributed by atoms with Gasteiger partial charge in [-0.15, -0.1) is 0 Å². The number of ether oxygens (including phenoxy) is 1. The van der Waals surface area contributed by atoms with E-state index in [1.165, 1.54) is 7.11 Å². The second-order valence-electron chi connectivity index (χ2n) is 4.89. The van der Waals surface area contributed by atoms with E-state index in [1.54, 1.807) is 18.9 Å². The van der Waals surface area contributed by atoms with Crippen molar-refractivity contribution in [1.29, 1.82) is 5.26 Å². The maximum atomic E-state index is 11.8. The molecule has 1 unspecified atom stereocenters. The standard InChI is InChI=1S/C12H19N3O3/c1-12(8-13,9-4-5-9)14-10(16)6-15(2)7-11(17)18-3/h9H,4-7H2,1-3H3,(H,14,16). The largest absolute Gasteiger partial charge is 0.468 e. The van der Waals surface area contributed by atoms with Gasteiger partial charge in [-0.25, -0.2) is 0 Å². The quantitative estimate of drug-likeness (QED) is 0.668. The van der Waals surface area contributed by atoms with Gasteiger partial charge in [-0.05, 0) is 32.7 Å². The molecule has 0 radical (unpaired) electrons. The van der Waals surface area contributed by atoms with Crippen LogP contribution in [-0.4, -0.2) is 49.6 Å². The van der Waals surface area contributed by atoms with Crippen LogP contribution in [0.25, 0.3) is 0 Å². The zero-order chi connectivity index (χ0) is 13.8. The van der Waals surface area contributed by atoms with Crippen LogP contribution in [0.3, 0.4) is 0 Å². The molecule has 1 rings (SSSR count). The summed E-state index contributed by atoms with van der Waals surface area (Å²) in [5.41, 5.74) is -0.789. The Hall–Kier alpha value is -1.61. The molecule has 0 aromatic rings. The SMILES string of the molecule is COC(=O)CN(C)CC(=O)NC(C)(C#N)C1CC1. The Morgan fingerprint density at radius 2 is 2.11 bits per heavy atom. The van der Waals surface area contributed by atoms with E-state index in [4.69, 9.17) is 5.26 Å². The van der Waals surface area contributed by atoms with Gasteiger partial charge in [0.1, 0.15) is 5.54 Å². The van der Waals surface area contributed by atoms with Crippen molar-refractivity contribution >= 4 is 11.9 Å². The van der Waals surface area contributed by atoms with Gasteiger partial charge in [0.25, 0.3) is 0 Å². The Labute approximate surface area is 107 Å². The fourth-order valence-corrected chi connectivity index (χ4v) is 1.80. The highest BCUT2D eigenvalue weighted by atomic mass is 16.5. The number of rotatable bonds is 6. The Morgan fingerprint density at radius 3 is 2.56 bits per heavy atom. The van der Waals surface area contributed by atoms with Gasteiger partial charge >= 0.3 is 5.97 Å². The molecule has 1 fully saturated rings. The molecule has 1 aliphatic carbocycles. The first-order chi connectivity index (χ1) is 8.41. The van der Waals surface area contributed by atoms with Crippen molar-refractivity contribution in [1.82, 2.24) is 10.2 Å². The highest BCUT2D eigenvalue weighted by molar-refractivity contribution is 5.80. The number of carbonyl (C=O) groups is 2. The lowest BCUT2D eigenvalue weighted by Gasteiger charge is -2.24. The van der Waals surface area contributed by atoms with Crippen molar-refractivity contribution in [2.75, 3.05) is 27.2 Å². The molecule has 18 heavy (non-hydrogen) atoms. The van der Waals surface area contributed by atoms with Crippen LogP contribution in [0.4, 0.5) is 0 Å². The lowest BCUT2D eigenvalue weighted by atomic mass is 9.98. The second-order valence-corrected chi connectivity index (χ2v) is 4.89. The first-order valence-corrected chi connectivity index (χ1v) is 5.89. The Kier molecular flexibility index (Phi) is 4.68. The molecule has 1 saturated carbocycles. The molecular formula is C12H19N3O3. The normalized spacial score (nSPS) is 17.7. The van der Waals surface area contributed by atoms with E-state index in [-0.39, 0.29) is 24.9 Å². The highest BCUT2D eigenvalue weighted by Gasteiger charge is 2.43. The first kappa shape index (κ1) is 14.5. The number of nitriles is 1. The third-order valence-electron chi connectivity index (χ3n) is 3.07. The van der Waals surface area contributed by atoms with Crippen LogP contribution in [0.1, 0.15) is 19.8 Å². The average molecular weight is 253 g/mol. The fourth-order valence-electron chi connectivity index (χ4n) is 1.80. The van der Waals surface area contributed by atoms with Gasteiger partial charge in [-0.1, -0.05) is 0 Å². The molecule has 1 N–H and O–H groups in total. The molecular weight excluding hydrogens is 234 g/mol. The van der Waals surface area contributed by atoms with E-state index in [0.717, 1.165) is 12.8 Å². The van der Waals surface area contributed by atoms with Crippen molar-refractivity contribution in [3.8, 4) is 6.07 Å². The minimum atomic E-state index is -0.789. The summed E-state index contributed by atoms with van der Waals surface area (Å²) in [6.07, 6.45) is 1.95. The van der Waals surface area contributed by atoms with Crippen LogP contribution in [0.15, 0.2) is 0 Å². The Balaban J connectivity index is 2.41. The van der Waals surface area contributed by atoms with Crippen LogP contribution in [-0.2, 0) is 14.3 Å². The summed E-state index contributed by atoms with van der Waals surface area (Å²) in [5, 5.41) is 11.8. The van der Waals surface area contributed by atoms with Gasteiger partial charge in [-0.3, -0.25) is 14.5 Å². The summed E-state index contributed by atoms with van der Waals surface area (Å²) in [7, 11) is 2.95. The van der Waals surface area contributed by atoms with E-state index < -0.39 is 11.5 Å². The molecule has 100 valence electrons. The average Bonchev–Trinajstić information content (AvgIpc) is 3.12. The van der Waals surface area contributed by atoms with E-state index in [9.17, 15) is 9.59 Å².